The van der Waals surface area contributed by atoms with E-state index in [4.69, 9.17) is 20.0 Å². The maximum absolute atomic E-state index is 11.8. The van der Waals surface area contributed by atoms with Crippen LogP contribution in [0.4, 0.5) is 0 Å². The van der Waals surface area contributed by atoms with E-state index in [0.29, 0.717) is 0 Å². The van der Waals surface area contributed by atoms with Crippen molar-refractivity contribution in [3.63, 3.8) is 0 Å². The molecular formula is C42H59N3O4. The van der Waals surface area contributed by atoms with Crippen LogP contribution in [0.3, 0.4) is 0 Å². The van der Waals surface area contributed by atoms with Crippen molar-refractivity contribution < 1.29 is 19.1 Å². The highest BCUT2D eigenvalue weighted by molar-refractivity contribution is 6.08. The van der Waals surface area contributed by atoms with E-state index in [0.717, 1.165) is 45.9 Å². The third-order valence-corrected chi connectivity index (χ3v) is 9.48. The van der Waals surface area contributed by atoms with Gasteiger partial charge in [-0.05, 0) is 41.8 Å². The zero-order valence-corrected chi connectivity index (χ0v) is 30.1. The summed E-state index contributed by atoms with van der Waals surface area (Å²) in [5, 5.41) is 19.6. The van der Waals surface area contributed by atoms with Gasteiger partial charge in [0.15, 0.2) is 0 Å². The molecular weight excluding hydrogens is 610 g/mol. The number of carbonyl (C=O) groups excluding carboxylic acids is 2. The van der Waals surface area contributed by atoms with Gasteiger partial charge in [0, 0.05) is 28.4 Å². The van der Waals surface area contributed by atoms with E-state index in [-0.39, 0.29) is 26.1 Å². The fourth-order valence-corrected chi connectivity index (χ4v) is 6.70. The van der Waals surface area contributed by atoms with Gasteiger partial charge in [-0.1, -0.05) is 141 Å². The highest BCUT2D eigenvalue weighted by atomic mass is 16.5. The Labute approximate surface area is 294 Å². The molecule has 266 valence electrons. The maximum Gasteiger partial charge on any atom is 0.320 e. The van der Waals surface area contributed by atoms with E-state index >= 15 is 0 Å². The minimum absolute atomic E-state index is 0.105. The predicted molar refractivity (Wildman–Crippen MR) is 198 cm³/mol. The zero-order valence-electron chi connectivity index (χ0n) is 30.1. The van der Waals surface area contributed by atoms with Crippen molar-refractivity contribution in [3.8, 4) is 12.1 Å². The van der Waals surface area contributed by atoms with Gasteiger partial charge >= 0.3 is 11.9 Å². The van der Waals surface area contributed by atoms with Gasteiger partial charge < -0.3 is 14.0 Å². The van der Waals surface area contributed by atoms with Crippen LogP contribution in [0.5, 0.6) is 0 Å². The van der Waals surface area contributed by atoms with Gasteiger partial charge in [0.25, 0.3) is 0 Å². The number of ether oxygens (including phenoxy) is 2. The number of hydrogen-bond donors (Lipinski definition) is 0. The average molecular weight is 670 g/mol. The molecule has 0 unspecified atom stereocenters. The predicted octanol–water partition coefficient (Wildman–Crippen LogP) is 11.5. The molecule has 3 rings (SSSR count). The Morgan fingerprint density at radius 1 is 0.551 bits per heavy atom. The summed E-state index contributed by atoms with van der Waals surface area (Å²) < 4.78 is 12.9. The van der Waals surface area contributed by atoms with E-state index < -0.39 is 11.9 Å². The first kappa shape index (κ1) is 39.6. The molecule has 7 heteroatoms. The molecule has 1 heterocycles. The molecule has 0 spiro atoms. The number of nitrogens with zero attached hydrogens (tertiary/aromatic N) is 3. The number of unbranched alkanes of at least 4 members (excludes halogenated alkanes) is 19. The summed E-state index contributed by atoms with van der Waals surface area (Å²) in [5.41, 5.74) is 3.92. The van der Waals surface area contributed by atoms with Crippen LogP contribution in [0.2, 0.25) is 0 Å². The maximum atomic E-state index is 11.8. The molecule has 2 aromatic carbocycles. The van der Waals surface area contributed by atoms with E-state index in [1.807, 2.05) is 36.4 Å². The van der Waals surface area contributed by atoms with Crippen LogP contribution in [0.1, 0.15) is 159 Å². The first-order valence-electron chi connectivity index (χ1n) is 19.2. The monoisotopic (exact) mass is 669 g/mol. The molecule has 7 nitrogen and oxygen atoms in total. The van der Waals surface area contributed by atoms with Gasteiger partial charge in [-0.25, -0.2) is 0 Å². The Kier molecular flexibility index (Phi) is 19.7. The van der Waals surface area contributed by atoms with Crippen molar-refractivity contribution in [2.75, 3.05) is 0 Å². The number of fused-ring (bicyclic) bond motifs is 3. The number of benzene rings is 2. The standard InChI is InChI=1S/C42H59N3O4/c1-2-3-4-5-6-7-8-9-10-11-12-13-14-15-16-17-18-19-20-21-30-45-39-24-22-35(33-48-41(46)26-28-43)31-37(39)38-32-36(23-25-40(38)45)34-49-42(47)27-29-44/h22-25,31-32H,2-21,26-27,30,33-34H2,1H3. The lowest BCUT2D eigenvalue weighted by Gasteiger charge is -2.09. The second-order valence-corrected chi connectivity index (χ2v) is 13.6. The molecule has 1 aromatic heterocycles. The molecule has 0 radical (unpaired) electrons. The molecule has 0 atom stereocenters. The van der Waals surface area contributed by atoms with E-state index in [2.05, 4.69) is 23.6 Å². The smallest absolute Gasteiger partial charge is 0.320 e. The second kappa shape index (κ2) is 24.3. The van der Waals surface area contributed by atoms with Gasteiger partial charge in [-0.2, -0.15) is 10.5 Å². The summed E-state index contributed by atoms with van der Waals surface area (Å²) in [6.07, 6.45) is 26.8. The number of carbonyl (C=O) groups is 2. The topological polar surface area (TPSA) is 105 Å². The number of aromatic nitrogens is 1. The first-order valence-corrected chi connectivity index (χ1v) is 19.2. The minimum Gasteiger partial charge on any atom is -0.460 e. The molecule has 3 aromatic rings. The Balaban J connectivity index is 1.39. The lowest BCUT2D eigenvalue weighted by molar-refractivity contribution is -0.144. The Morgan fingerprint density at radius 2 is 0.898 bits per heavy atom. The van der Waals surface area contributed by atoms with Crippen LogP contribution in [0, 0.1) is 22.7 Å². The lowest BCUT2D eigenvalue weighted by Crippen LogP contribution is -2.03. The fourth-order valence-electron chi connectivity index (χ4n) is 6.70. The summed E-state index contributed by atoms with van der Waals surface area (Å²) in [5.74, 6) is -1.07. The summed E-state index contributed by atoms with van der Waals surface area (Å²) in [6.45, 7) is 3.40. The molecule has 0 aliphatic rings. The van der Waals surface area contributed by atoms with Crippen molar-refractivity contribution in [1.29, 1.82) is 10.5 Å². The average Bonchev–Trinajstić information content (AvgIpc) is 3.41. The van der Waals surface area contributed by atoms with Crippen LogP contribution in [-0.2, 0) is 38.8 Å². The van der Waals surface area contributed by atoms with Crippen molar-refractivity contribution >= 4 is 33.7 Å². The quantitative estimate of drug-likeness (QED) is 0.0591. The summed E-state index contributed by atoms with van der Waals surface area (Å²) in [6, 6.07) is 15.8. The van der Waals surface area contributed by atoms with Gasteiger partial charge in [-0.3, -0.25) is 9.59 Å². The van der Waals surface area contributed by atoms with Gasteiger partial charge in [0.2, 0.25) is 0 Å². The van der Waals surface area contributed by atoms with Crippen LogP contribution in [-0.4, -0.2) is 16.5 Å². The lowest BCUT2D eigenvalue weighted by atomic mass is 10.0. The van der Waals surface area contributed by atoms with Crippen LogP contribution >= 0.6 is 0 Å². The Hall–Kier alpha value is -3.84. The molecule has 0 N–H and O–H groups in total. The van der Waals surface area contributed by atoms with Gasteiger partial charge in [0.05, 0.1) is 12.1 Å². The molecule has 0 saturated carbocycles. The molecule has 0 saturated heterocycles. The molecule has 0 fully saturated rings. The minimum atomic E-state index is -0.536. The second-order valence-electron chi connectivity index (χ2n) is 13.6. The van der Waals surface area contributed by atoms with E-state index in [1.54, 1.807) is 0 Å². The molecule has 0 aliphatic heterocycles. The number of hydrogen-bond acceptors (Lipinski definition) is 6. The first-order chi connectivity index (χ1) is 24.1. The van der Waals surface area contributed by atoms with Crippen LogP contribution in [0.15, 0.2) is 36.4 Å². The SMILES string of the molecule is CCCCCCCCCCCCCCCCCCCCCCn1c2ccc(COC(=O)CC#N)cc2c2cc(COC(=O)CC#N)ccc21. The Morgan fingerprint density at radius 3 is 1.24 bits per heavy atom. The van der Waals surface area contributed by atoms with Crippen LogP contribution < -0.4 is 0 Å². The molecule has 0 amide bonds. The van der Waals surface area contributed by atoms with Gasteiger partial charge in [-0.15, -0.1) is 0 Å². The highest BCUT2D eigenvalue weighted by Crippen LogP contribution is 2.32. The fraction of sp³-hybridized carbons (Fsp3) is 0.619. The molecule has 0 bridgehead atoms. The number of aryl methyl sites for hydroxylation is 1. The van der Waals surface area contributed by atoms with E-state index in [9.17, 15) is 9.59 Å². The van der Waals surface area contributed by atoms with Gasteiger partial charge in [0.1, 0.15) is 26.1 Å². The zero-order chi connectivity index (χ0) is 34.9. The number of nitriles is 2. The number of esters is 2. The van der Waals surface area contributed by atoms with E-state index in [1.165, 1.54) is 122 Å². The van der Waals surface area contributed by atoms with Crippen molar-refractivity contribution in [2.24, 2.45) is 0 Å². The molecule has 49 heavy (non-hydrogen) atoms. The van der Waals surface area contributed by atoms with Crippen molar-refractivity contribution in [1.82, 2.24) is 4.57 Å². The largest absolute Gasteiger partial charge is 0.460 e. The summed E-state index contributed by atoms with van der Waals surface area (Å²) in [7, 11) is 0. The Bertz CT molecular complexity index is 1410. The highest BCUT2D eigenvalue weighted by Gasteiger charge is 2.14. The molecule has 0 aliphatic carbocycles. The normalized spacial score (nSPS) is 11.1. The van der Waals surface area contributed by atoms with Crippen LogP contribution in [0.25, 0.3) is 21.8 Å². The third-order valence-electron chi connectivity index (χ3n) is 9.48. The van der Waals surface area contributed by atoms with Crippen molar-refractivity contribution in [3.05, 3.63) is 47.5 Å². The summed E-state index contributed by atoms with van der Waals surface area (Å²) >= 11 is 0. The number of rotatable bonds is 27. The summed E-state index contributed by atoms with van der Waals surface area (Å²) in [4.78, 5) is 23.5. The van der Waals surface area contributed by atoms with Crippen molar-refractivity contribution in [2.45, 2.75) is 168 Å². The third kappa shape index (κ3) is 15.1.